The quantitative estimate of drug-likeness (QED) is 0.294. The van der Waals surface area contributed by atoms with Gasteiger partial charge in [-0.15, -0.1) is 0 Å². The number of para-hydroxylation sites is 1. The molecule has 0 unspecified atom stereocenters. The molecule has 0 amide bonds. The van der Waals surface area contributed by atoms with E-state index in [2.05, 4.69) is 48.5 Å². The van der Waals surface area contributed by atoms with Crippen LogP contribution in [0.2, 0.25) is 0 Å². The number of hydrogen-bond donors (Lipinski definition) is 0. The van der Waals surface area contributed by atoms with Crippen molar-refractivity contribution in [3.05, 3.63) is 127 Å². The molecule has 0 aliphatic carbocycles. The lowest BCUT2D eigenvalue weighted by atomic mass is 10.0. The summed E-state index contributed by atoms with van der Waals surface area (Å²) in [5.74, 6) is 0.806. The van der Waals surface area contributed by atoms with Crippen LogP contribution >= 0.6 is 0 Å². The Morgan fingerprint density at radius 3 is 1.71 bits per heavy atom. The van der Waals surface area contributed by atoms with Gasteiger partial charge in [-0.2, -0.15) is 5.10 Å². The first-order valence-electron chi connectivity index (χ1n) is 10.3. The summed E-state index contributed by atoms with van der Waals surface area (Å²) in [5.41, 5.74) is 6.10. The predicted molar refractivity (Wildman–Crippen MR) is 128 cm³/mol. The van der Waals surface area contributed by atoms with Crippen LogP contribution in [-0.2, 0) is 0 Å². The molecule has 0 N–H and O–H groups in total. The maximum Gasteiger partial charge on any atom is 0.164 e. The summed E-state index contributed by atoms with van der Waals surface area (Å²) in [5, 5.41) is 5.04. The highest BCUT2D eigenvalue weighted by Gasteiger charge is 2.21. The average Bonchev–Trinajstić information content (AvgIpc) is 3.24. The molecule has 1 aromatic heterocycles. The normalized spacial score (nSPS) is 11.1. The highest BCUT2D eigenvalue weighted by Crippen LogP contribution is 2.40. The van der Waals surface area contributed by atoms with Gasteiger partial charge in [0.2, 0.25) is 0 Å². The Morgan fingerprint density at radius 2 is 1.10 bits per heavy atom. The summed E-state index contributed by atoms with van der Waals surface area (Å²) in [4.78, 5) is 4.95. The molecule has 0 bridgehead atoms. The van der Waals surface area contributed by atoms with Gasteiger partial charge in [-0.3, -0.25) is 0 Å². The molecular weight excluding hydrogens is 378 g/mol. The van der Waals surface area contributed by atoms with Crippen molar-refractivity contribution < 1.29 is 0 Å². The SMILES string of the molecule is C(=Nc1c(-c2ccccc2)c(-c2ccccc2)nn1-c1ccccc1)c1ccccc1. The number of benzene rings is 4. The molecule has 1 heterocycles. The Labute approximate surface area is 182 Å². The lowest BCUT2D eigenvalue weighted by Crippen LogP contribution is -1.96. The molecule has 0 fully saturated rings. The number of rotatable bonds is 5. The van der Waals surface area contributed by atoms with Crippen LogP contribution in [0.25, 0.3) is 28.1 Å². The summed E-state index contributed by atoms with van der Waals surface area (Å²) in [6, 6.07) is 40.9. The Morgan fingerprint density at radius 1 is 0.581 bits per heavy atom. The fraction of sp³-hybridized carbons (Fsp3) is 0. The highest BCUT2D eigenvalue weighted by atomic mass is 15.3. The molecule has 5 rings (SSSR count). The summed E-state index contributed by atoms with van der Waals surface area (Å²) in [7, 11) is 0. The molecule has 3 nitrogen and oxygen atoms in total. The van der Waals surface area contributed by atoms with Crippen molar-refractivity contribution in [1.82, 2.24) is 9.78 Å². The number of aromatic nitrogens is 2. The molecule has 0 radical (unpaired) electrons. The number of aliphatic imine (C=N–C) groups is 1. The largest absolute Gasteiger partial charge is 0.236 e. The highest BCUT2D eigenvalue weighted by molar-refractivity contribution is 5.91. The standard InChI is InChI=1S/C28H21N3/c1-5-13-22(14-6-1)21-29-28-26(23-15-7-2-8-16-23)27(24-17-9-3-10-18-24)30-31(28)25-19-11-4-12-20-25/h1-21H. The van der Waals surface area contributed by atoms with E-state index in [1.54, 1.807) is 0 Å². The number of nitrogens with zero attached hydrogens (tertiary/aromatic N) is 3. The Hall–Kier alpha value is -4.24. The molecular formula is C28H21N3. The summed E-state index contributed by atoms with van der Waals surface area (Å²) >= 11 is 0. The van der Waals surface area contributed by atoms with Crippen LogP contribution in [0.1, 0.15) is 5.56 Å². The monoisotopic (exact) mass is 399 g/mol. The van der Waals surface area contributed by atoms with Gasteiger partial charge in [-0.25, -0.2) is 9.67 Å². The zero-order valence-electron chi connectivity index (χ0n) is 17.0. The molecule has 0 spiro atoms. The molecule has 3 heteroatoms. The Bertz CT molecular complexity index is 1290. The van der Waals surface area contributed by atoms with Crippen molar-refractivity contribution in [2.75, 3.05) is 0 Å². The van der Waals surface area contributed by atoms with Crippen LogP contribution in [0.4, 0.5) is 5.82 Å². The van der Waals surface area contributed by atoms with E-state index >= 15 is 0 Å². The first kappa shape index (κ1) is 18.8. The maximum absolute atomic E-state index is 5.04. The second-order valence-corrected chi connectivity index (χ2v) is 7.20. The van der Waals surface area contributed by atoms with Crippen LogP contribution in [-0.4, -0.2) is 16.0 Å². The van der Waals surface area contributed by atoms with Crippen molar-refractivity contribution in [2.24, 2.45) is 4.99 Å². The lowest BCUT2D eigenvalue weighted by molar-refractivity contribution is 0.885. The number of hydrogen-bond acceptors (Lipinski definition) is 2. The van der Waals surface area contributed by atoms with E-state index in [0.717, 1.165) is 39.5 Å². The summed E-state index contributed by atoms with van der Waals surface area (Å²) in [6.45, 7) is 0. The Balaban J connectivity index is 1.79. The van der Waals surface area contributed by atoms with Crippen molar-refractivity contribution >= 4 is 12.0 Å². The molecule has 0 saturated heterocycles. The van der Waals surface area contributed by atoms with Gasteiger partial charge in [-0.05, 0) is 23.3 Å². The van der Waals surface area contributed by atoms with Crippen LogP contribution in [0, 0.1) is 0 Å². The van der Waals surface area contributed by atoms with Crippen LogP contribution in [0.15, 0.2) is 126 Å². The topological polar surface area (TPSA) is 30.2 Å². The van der Waals surface area contributed by atoms with E-state index in [-0.39, 0.29) is 0 Å². The van der Waals surface area contributed by atoms with E-state index in [9.17, 15) is 0 Å². The minimum absolute atomic E-state index is 0.806. The smallest absolute Gasteiger partial charge is 0.164 e. The fourth-order valence-electron chi connectivity index (χ4n) is 3.62. The van der Waals surface area contributed by atoms with Gasteiger partial charge in [0, 0.05) is 11.8 Å². The first-order valence-corrected chi connectivity index (χ1v) is 10.3. The molecule has 0 aliphatic heterocycles. The minimum Gasteiger partial charge on any atom is -0.236 e. The lowest BCUT2D eigenvalue weighted by Gasteiger charge is -2.06. The second-order valence-electron chi connectivity index (χ2n) is 7.20. The van der Waals surface area contributed by atoms with Crippen molar-refractivity contribution in [3.63, 3.8) is 0 Å². The molecule has 148 valence electrons. The third-order valence-corrected chi connectivity index (χ3v) is 5.11. The maximum atomic E-state index is 5.04. The van der Waals surface area contributed by atoms with E-state index in [1.165, 1.54) is 0 Å². The van der Waals surface area contributed by atoms with Crippen LogP contribution < -0.4 is 0 Å². The van der Waals surface area contributed by atoms with Crippen LogP contribution in [0.3, 0.4) is 0 Å². The van der Waals surface area contributed by atoms with E-state index in [1.807, 2.05) is 83.7 Å². The second kappa shape index (κ2) is 8.64. The molecule has 31 heavy (non-hydrogen) atoms. The zero-order valence-corrected chi connectivity index (χ0v) is 17.0. The van der Waals surface area contributed by atoms with E-state index in [0.29, 0.717) is 0 Å². The van der Waals surface area contributed by atoms with Crippen molar-refractivity contribution in [2.45, 2.75) is 0 Å². The van der Waals surface area contributed by atoms with E-state index < -0.39 is 0 Å². The van der Waals surface area contributed by atoms with Crippen molar-refractivity contribution in [1.29, 1.82) is 0 Å². The van der Waals surface area contributed by atoms with Crippen LogP contribution in [0.5, 0.6) is 0 Å². The molecule has 0 atom stereocenters. The van der Waals surface area contributed by atoms with Gasteiger partial charge in [0.05, 0.1) is 11.3 Å². The van der Waals surface area contributed by atoms with Gasteiger partial charge in [0.25, 0.3) is 0 Å². The molecule has 5 aromatic rings. The predicted octanol–water partition coefficient (Wildman–Crippen LogP) is 6.96. The van der Waals surface area contributed by atoms with Gasteiger partial charge in [-0.1, -0.05) is 109 Å². The average molecular weight is 399 g/mol. The molecule has 4 aromatic carbocycles. The third-order valence-electron chi connectivity index (χ3n) is 5.11. The Kier molecular flexibility index (Phi) is 5.23. The summed E-state index contributed by atoms with van der Waals surface area (Å²) < 4.78 is 1.93. The molecule has 0 saturated carbocycles. The third kappa shape index (κ3) is 3.94. The fourth-order valence-corrected chi connectivity index (χ4v) is 3.62. The van der Waals surface area contributed by atoms with Crippen molar-refractivity contribution in [3.8, 4) is 28.1 Å². The first-order chi connectivity index (χ1) is 15.4. The molecule has 0 aliphatic rings. The minimum atomic E-state index is 0.806. The summed E-state index contributed by atoms with van der Waals surface area (Å²) in [6.07, 6.45) is 1.90. The van der Waals surface area contributed by atoms with Gasteiger partial charge >= 0.3 is 0 Å². The van der Waals surface area contributed by atoms with E-state index in [4.69, 9.17) is 10.1 Å². The van der Waals surface area contributed by atoms with Gasteiger partial charge < -0.3 is 0 Å². The zero-order chi connectivity index (χ0) is 20.9. The van der Waals surface area contributed by atoms with Gasteiger partial charge in [0.15, 0.2) is 5.82 Å². The van der Waals surface area contributed by atoms with Gasteiger partial charge in [0.1, 0.15) is 5.69 Å².